The number of sulfonamides is 1. The molecule has 0 fully saturated rings. The number of hydrogen-bond donors (Lipinski definition) is 2. The van der Waals surface area contributed by atoms with Crippen LogP contribution in [0.4, 0.5) is 0 Å². The summed E-state index contributed by atoms with van der Waals surface area (Å²) in [6, 6.07) is 1.59. The molecular formula is C11H18ClN3O3S. The highest BCUT2D eigenvalue weighted by Gasteiger charge is 2.12. The van der Waals surface area contributed by atoms with E-state index in [-0.39, 0.29) is 24.6 Å². The molecule has 0 unspecified atom stereocenters. The van der Waals surface area contributed by atoms with Crippen molar-refractivity contribution >= 4 is 27.5 Å². The molecule has 0 saturated heterocycles. The van der Waals surface area contributed by atoms with Crippen molar-refractivity contribution in [1.82, 2.24) is 9.88 Å². The molecule has 1 amide bonds. The van der Waals surface area contributed by atoms with E-state index >= 15 is 0 Å². The lowest BCUT2D eigenvalue weighted by molar-refractivity contribution is 0.0944. The molecule has 1 aromatic rings. The van der Waals surface area contributed by atoms with Crippen molar-refractivity contribution in [2.75, 3.05) is 12.3 Å². The van der Waals surface area contributed by atoms with E-state index in [0.29, 0.717) is 17.3 Å². The predicted octanol–water partition coefficient (Wildman–Crippen LogP) is 0.960. The predicted molar refractivity (Wildman–Crippen MR) is 74.7 cm³/mol. The molecule has 0 aliphatic carbocycles. The third kappa shape index (κ3) is 5.63. The van der Waals surface area contributed by atoms with Gasteiger partial charge in [0.25, 0.3) is 5.91 Å². The second kappa shape index (κ2) is 6.93. The molecule has 19 heavy (non-hydrogen) atoms. The SMILES string of the molecule is CCCn1cc(Cl)cc1C(=O)NCCCS(N)(=O)=O. The molecule has 8 heteroatoms. The minimum atomic E-state index is -3.48. The largest absolute Gasteiger partial charge is 0.351 e. The maximum Gasteiger partial charge on any atom is 0.267 e. The maximum absolute atomic E-state index is 11.9. The molecular weight excluding hydrogens is 290 g/mol. The Kier molecular flexibility index (Phi) is 5.84. The lowest BCUT2D eigenvalue weighted by Crippen LogP contribution is -2.28. The Morgan fingerprint density at radius 3 is 2.79 bits per heavy atom. The van der Waals surface area contributed by atoms with Crippen molar-refractivity contribution in [3.63, 3.8) is 0 Å². The van der Waals surface area contributed by atoms with Crippen LogP contribution >= 0.6 is 11.6 Å². The summed E-state index contributed by atoms with van der Waals surface area (Å²) < 4.78 is 23.2. The summed E-state index contributed by atoms with van der Waals surface area (Å²) in [5, 5.41) is 8.02. The lowest BCUT2D eigenvalue weighted by Gasteiger charge is -2.08. The van der Waals surface area contributed by atoms with Gasteiger partial charge in [-0.05, 0) is 18.9 Å². The van der Waals surface area contributed by atoms with Gasteiger partial charge < -0.3 is 9.88 Å². The highest BCUT2D eigenvalue weighted by atomic mass is 35.5. The average Bonchev–Trinajstić information content (AvgIpc) is 2.65. The first kappa shape index (κ1) is 16.0. The second-order valence-electron chi connectivity index (χ2n) is 4.21. The molecule has 0 bridgehead atoms. The summed E-state index contributed by atoms with van der Waals surface area (Å²) in [5.74, 6) is -0.418. The van der Waals surface area contributed by atoms with Crippen molar-refractivity contribution in [3.8, 4) is 0 Å². The van der Waals surface area contributed by atoms with Gasteiger partial charge in [0.15, 0.2) is 0 Å². The van der Waals surface area contributed by atoms with E-state index in [9.17, 15) is 13.2 Å². The van der Waals surface area contributed by atoms with Crippen molar-refractivity contribution in [2.45, 2.75) is 26.3 Å². The number of nitrogens with one attached hydrogen (secondary N) is 1. The Hall–Kier alpha value is -1.05. The van der Waals surface area contributed by atoms with Gasteiger partial charge >= 0.3 is 0 Å². The van der Waals surface area contributed by atoms with Crippen molar-refractivity contribution in [1.29, 1.82) is 0 Å². The summed E-state index contributed by atoms with van der Waals surface area (Å²) in [6.07, 6.45) is 2.87. The zero-order valence-electron chi connectivity index (χ0n) is 10.7. The van der Waals surface area contributed by atoms with Crippen molar-refractivity contribution in [2.24, 2.45) is 5.14 Å². The van der Waals surface area contributed by atoms with Crippen LogP contribution in [-0.4, -0.2) is 31.2 Å². The maximum atomic E-state index is 11.9. The molecule has 0 spiro atoms. The number of nitrogens with zero attached hydrogens (tertiary/aromatic N) is 1. The van der Waals surface area contributed by atoms with Gasteiger partial charge in [-0.15, -0.1) is 0 Å². The molecule has 0 aliphatic rings. The first-order chi connectivity index (χ1) is 8.83. The molecule has 0 radical (unpaired) electrons. The first-order valence-corrected chi connectivity index (χ1v) is 8.07. The van der Waals surface area contributed by atoms with Gasteiger partial charge in [0.1, 0.15) is 5.69 Å². The molecule has 0 saturated carbocycles. The van der Waals surface area contributed by atoms with Gasteiger partial charge in [0, 0.05) is 19.3 Å². The van der Waals surface area contributed by atoms with Crippen molar-refractivity contribution < 1.29 is 13.2 Å². The number of amides is 1. The summed E-state index contributed by atoms with van der Waals surface area (Å²) in [4.78, 5) is 11.9. The van der Waals surface area contributed by atoms with E-state index in [0.717, 1.165) is 6.42 Å². The quantitative estimate of drug-likeness (QED) is 0.735. The van der Waals surface area contributed by atoms with Crippen LogP contribution in [0.2, 0.25) is 5.02 Å². The third-order valence-corrected chi connectivity index (χ3v) is 3.52. The molecule has 1 aromatic heterocycles. The molecule has 0 aromatic carbocycles. The second-order valence-corrected chi connectivity index (χ2v) is 6.38. The number of nitrogens with two attached hydrogens (primary N) is 1. The molecule has 0 aliphatic heterocycles. The standard InChI is InChI=1S/C11H18ClN3O3S/c1-2-5-15-8-9(12)7-10(15)11(16)14-4-3-6-19(13,17)18/h7-8H,2-6H2,1H3,(H,14,16)(H2,13,17,18). The van der Waals surface area contributed by atoms with Gasteiger partial charge in [-0.25, -0.2) is 13.6 Å². The Morgan fingerprint density at radius 2 is 2.21 bits per heavy atom. The van der Waals surface area contributed by atoms with Crippen LogP contribution in [-0.2, 0) is 16.6 Å². The Bertz CT molecular complexity index is 539. The molecule has 6 nitrogen and oxygen atoms in total. The minimum absolute atomic E-state index is 0.149. The van der Waals surface area contributed by atoms with E-state index in [2.05, 4.69) is 5.32 Å². The normalized spacial score (nSPS) is 11.5. The monoisotopic (exact) mass is 307 g/mol. The van der Waals surface area contributed by atoms with Gasteiger partial charge in [-0.2, -0.15) is 0 Å². The van der Waals surface area contributed by atoms with Crippen LogP contribution in [0.5, 0.6) is 0 Å². The molecule has 3 N–H and O–H groups in total. The van der Waals surface area contributed by atoms with E-state index in [4.69, 9.17) is 16.7 Å². The van der Waals surface area contributed by atoms with Gasteiger partial charge in [0.05, 0.1) is 10.8 Å². The Balaban J connectivity index is 2.54. The van der Waals surface area contributed by atoms with E-state index in [1.807, 2.05) is 6.92 Å². The number of primary sulfonamides is 1. The topological polar surface area (TPSA) is 94.2 Å². The number of halogens is 1. The highest BCUT2D eigenvalue weighted by molar-refractivity contribution is 7.89. The fraction of sp³-hybridized carbons (Fsp3) is 0.545. The summed E-state index contributed by atoms with van der Waals surface area (Å²) in [6.45, 7) is 2.96. The van der Waals surface area contributed by atoms with Crippen LogP contribution in [0.25, 0.3) is 0 Å². The van der Waals surface area contributed by atoms with E-state index in [1.165, 1.54) is 0 Å². The smallest absolute Gasteiger partial charge is 0.267 e. The highest BCUT2D eigenvalue weighted by Crippen LogP contribution is 2.14. The van der Waals surface area contributed by atoms with Gasteiger partial charge in [-0.1, -0.05) is 18.5 Å². The van der Waals surface area contributed by atoms with Crippen LogP contribution < -0.4 is 10.5 Å². The van der Waals surface area contributed by atoms with Crippen LogP contribution in [0.3, 0.4) is 0 Å². The Morgan fingerprint density at radius 1 is 1.53 bits per heavy atom. The van der Waals surface area contributed by atoms with Crippen LogP contribution in [0, 0.1) is 0 Å². The lowest BCUT2D eigenvalue weighted by atomic mass is 10.3. The number of rotatable bonds is 7. The zero-order valence-corrected chi connectivity index (χ0v) is 12.3. The molecule has 1 heterocycles. The number of aromatic nitrogens is 1. The average molecular weight is 308 g/mol. The number of carbonyl (C=O) groups is 1. The molecule has 1 rings (SSSR count). The van der Waals surface area contributed by atoms with Crippen molar-refractivity contribution in [3.05, 3.63) is 23.0 Å². The van der Waals surface area contributed by atoms with Crippen LogP contribution in [0.1, 0.15) is 30.3 Å². The van der Waals surface area contributed by atoms with Gasteiger partial charge in [0.2, 0.25) is 10.0 Å². The summed E-state index contributed by atoms with van der Waals surface area (Å²) in [5.41, 5.74) is 0.474. The van der Waals surface area contributed by atoms with Crippen LogP contribution in [0.15, 0.2) is 12.3 Å². The Labute approximate surface area is 118 Å². The number of carbonyl (C=O) groups excluding carboxylic acids is 1. The third-order valence-electron chi connectivity index (χ3n) is 2.45. The number of aryl methyl sites for hydroxylation is 1. The first-order valence-electron chi connectivity index (χ1n) is 5.98. The molecule has 0 atom stereocenters. The van der Waals surface area contributed by atoms with Gasteiger partial charge in [-0.3, -0.25) is 4.79 Å². The summed E-state index contributed by atoms with van der Waals surface area (Å²) in [7, 11) is -3.48. The number of hydrogen-bond acceptors (Lipinski definition) is 3. The molecule has 108 valence electrons. The zero-order chi connectivity index (χ0) is 14.5. The van der Waals surface area contributed by atoms with E-state index < -0.39 is 10.0 Å². The fourth-order valence-corrected chi connectivity index (χ4v) is 2.42. The van der Waals surface area contributed by atoms with E-state index in [1.54, 1.807) is 16.8 Å². The summed E-state index contributed by atoms with van der Waals surface area (Å²) >= 11 is 5.87. The minimum Gasteiger partial charge on any atom is -0.351 e. The fourth-order valence-electron chi connectivity index (χ4n) is 1.66.